The SMILES string of the molecule is CC(CCO)CNCc1cccc([N+](=O)[O-])c1C(=O)O. The molecule has 1 atom stereocenters. The monoisotopic (exact) mass is 282 g/mol. The van der Waals surface area contributed by atoms with Gasteiger partial charge in [0.05, 0.1) is 4.92 Å². The van der Waals surface area contributed by atoms with Gasteiger partial charge in [-0.25, -0.2) is 4.79 Å². The molecule has 1 aromatic carbocycles. The van der Waals surface area contributed by atoms with Crippen LogP contribution in [0, 0.1) is 16.0 Å². The Kier molecular flexibility index (Phi) is 6.08. The lowest BCUT2D eigenvalue weighted by Crippen LogP contribution is -2.22. The topological polar surface area (TPSA) is 113 Å². The number of aliphatic hydroxyl groups is 1. The first-order valence-corrected chi connectivity index (χ1v) is 6.28. The van der Waals surface area contributed by atoms with Crippen LogP contribution in [0.2, 0.25) is 0 Å². The average Bonchev–Trinajstić information content (AvgIpc) is 2.38. The summed E-state index contributed by atoms with van der Waals surface area (Å²) in [5.74, 6) is -1.07. The van der Waals surface area contributed by atoms with Gasteiger partial charge in [-0.05, 0) is 24.4 Å². The molecule has 0 bridgehead atoms. The molecule has 7 heteroatoms. The van der Waals surface area contributed by atoms with Gasteiger partial charge in [0.15, 0.2) is 0 Å². The van der Waals surface area contributed by atoms with Crippen LogP contribution >= 0.6 is 0 Å². The number of nitrogens with one attached hydrogen (secondary N) is 1. The molecule has 20 heavy (non-hydrogen) atoms. The second-order valence-electron chi connectivity index (χ2n) is 4.62. The van der Waals surface area contributed by atoms with Crippen LogP contribution in [0.3, 0.4) is 0 Å². The van der Waals surface area contributed by atoms with E-state index in [2.05, 4.69) is 5.32 Å². The molecular formula is C13H18N2O5. The predicted octanol–water partition coefficient (Wildman–Crippen LogP) is 1.40. The first-order valence-electron chi connectivity index (χ1n) is 6.28. The van der Waals surface area contributed by atoms with Crippen molar-refractivity contribution >= 4 is 11.7 Å². The second kappa shape index (κ2) is 7.56. The highest BCUT2D eigenvalue weighted by molar-refractivity contribution is 5.94. The number of carboxylic acids is 1. The van der Waals surface area contributed by atoms with E-state index in [1.54, 1.807) is 6.07 Å². The fourth-order valence-electron chi connectivity index (χ4n) is 1.91. The summed E-state index contributed by atoms with van der Waals surface area (Å²) in [6, 6.07) is 4.21. The normalized spacial score (nSPS) is 12.1. The van der Waals surface area contributed by atoms with Gasteiger partial charge in [-0.2, -0.15) is 0 Å². The zero-order chi connectivity index (χ0) is 15.1. The lowest BCUT2D eigenvalue weighted by Gasteiger charge is -2.12. The Balaban J connectivity index is 2.82. The Labute approximate surface area is 116 Å². The van der Waals surface area contributed by atoms with Crippen molar-refractivity contribution in [1.82, 2.24) is 5.32 Å². The molecule has 0 aliphatic heterocycles. The summed E-state index contributed by atoms with van der Waals surface area (Å²) < 4.78 is 0. The van der Waals surface area contributed by atoms with Gasteiger partial charge in [0, 0.05) is 19.2 Å². The van der Waals surface area contributed by atoms with Crippen LogP contribution in [-0.2, 0) is 6.54 Å². The number of carboxylic acid groups (broad SMARTS) is 1. The van der Waals surface area contributed by atoms with E-state index in [1.165, 1.54) is 12.1 Å². The molecule has 0 aliphatic rings. The zero-order valence-electron chi connectivity index (χ0n) is 11.2. The summed E-state index contributed by atoms with van der Waals surface area (Å²) in [6.45, 7) is 2.89. The molecule has 0 spiro atoms. The predicted molar refractivity (Wildman–Crippen MR) is 72.6 cm³/mol. The lowest BCUT2D eigenvalue weighted by atomic mass is 10.0. The molecule has 0 heterocycles. The molecule has 1 aromatic rings. The Bertz CT molecular complexity index is 490. The van der Waals surface area contributed by atoms with Gasteiger partial charge in [0.1, 0.15) is 5.56 Å². The third kappa shape index (κ3) is 4.29. The molecule has 0 radical (unpaired) electrons. The van der Waals surface area contributed by atoms with Crippen molar-refractivity contribution in [1.29, 1.82) is 0 Å². The molecule has 7 nitrogen and oxygen atoms in total. The van der Waals surface area contributed by atoms with E-state index < -0.39 is 16.6 Å². The van der Waals surface area contributed by atoms with Crippen LogP contribution in [0.4, 0.5) is 5.69 Å². The second-order valence-corrected chi connectivity index (χ2v) is 4.62. The maximum absolute atomic E-state index is 11.2. The highest BCUT2D eigenvalue weighted by atomic mass is 16.6. The van der Waals surface area contributed by atoms with E-state index in [0.29, 0.717) is 18.5 Å². The fraction of sp³-hybridized carbons (Fsp3) is 0.462. The fourth-order valence-corrected chi connectivity index (χ4v) is 1.91. The molecule has 0 saturated carbocycles. The standard InChI is InChI=1S/C13H18N2O5/c1-9(5-6-16)7-14-8-10-3-2-4-11(15(19)20)12(10)13(17)18/h2-4,9,14,16H,5-8H2,1H3,(H,17,18). The van der Waals surface area contributed by atoms with Crippen LogP contribution in [0.25, 0.3) is 0 Å². The Hall–Kier alpha value is -1.99. The minimum absolute atomic E-state index is 0.0973. The number of aliphatic hydroxyl groups excluding tert-OH is 1. The summed E-state index contributed by atoms with van der Waals surface area (Å²) in [7, 11) is 0. The maximum Gasteiger partial charge on any atom is 0.343 e. The van der Waals surface area contributed by atoms with Crippen molar-refractivity contribution in [2.45, 2.75) is 19.9 Å². The van der Waals surface area contributed by atoms with E-state index in [-0.39, 0.29) is 24.6 Å². The summed E-state index contributed by atoms with van der Waals surface area (Å²) in [5, 5.41) is 31.8. The number of aromatic carboxylic acids is 1. The first-order chi connectivity index (χ1) is 9.47. The van der Waals surface area contributed by atoms with Crippen LogP contribution in [-0.4, -0.2) is 34.3 Å². The molecule has 0 amide bonds. The third-order valence-electron chi connectivity index (χ3n) is 2.97. The molecule has 110 valence electrons. The van der Waals surface area contributed by atoms with E-state index in [4.69, 9.17) is 10.2 Å². The highest BCUT2D eigenvalue weighted by Gasteiger charge is 2.22. The Morgan fingerprint density at radius 3 is 2.75 bits per heavy atom. The van der Waals surface area contributed by atoms with Gasteiger partial charge in [-0.15, -0.1) is 0 Å². The minimum atomic E-state index is -1.31. The number of nitro benzene ring substituents is 1. The van der Waals surface area contributed by atoms with Gasteiger partial charge >= 0.3 is 5.97 Å². The van der Waals surface area contributed by atoms with Crippen molar-refractivity contribution in [3.05, 3.63) is 39.4 Å². The van der Waals surface area contributed by atoms with Crippen molar-refractivity contribution in [2.75, 3.05) is 13.2 Å². The van der Waals surface area contributed by atoms with Crippen LogP contribution in [0.15, 0.2) is 18.2 Å². The quantitative estimate of drug-likeness (QED) is 0.490. The number of hydrogen-bond acceptors (Lipinski definition) is 5. The molecule has 1 rings (SSSR count). The summed E-state index contributed by atoms with van der Waals surface area (Å²) >= 11 is 0. The number of carbonyl (C=O) groups is 1. The number of rotatable bonds is 8. The molecular weight excluding hydrogens is 264 g/mol. The molecule has 0 fully saturated rings. The maximum atomic E-state index is 11.2. The van der Waals surface area contributed by atoms with E-state index in [9.17, 15) is 14.9 Å². The molecule has 0 saturated heterocycles. The summed E-state index contributed by atoms with van der Waals surface area (Å²) in [5.41, 5.74) is -0.303. The summed E-state index contributed by atoms with van der Waals surface area (Å²) in [6.07, 6.45) is 0.647. The van der Waals surface area contributed by atoms with Crippen molar-refractivity contribution < 1.29 is 19.9 Å². The molecule has 3 N–H and O–H groups in total. The van der Waals surface area contributed by atoms with Gasteiger partial charge in [0.2, 0.25) is 0 Å². The van der Waals surface area contributed by atoms with Crippen LogP contribution in [0.5, 0.6) is 0 Å². The van der Waals surface area contributed by atoms with E-state index in [1.807, 2.05) is 6.92 Å². The number of nitro groups is 1. The zero-order valence-corrected chi connectivity index (χ0v) is 11.2. The first kappa shape index (κ1) is 16.1. The highest BCUT2D eigenvalue weighted by Crippen LogP contribution is 2.22. The van der Waals surface area contributed by atoms with Gasteiger partial charge < -0.3 is 15.5 Å². The van der Waals surface area contributed by atoms with Crippen LogP contribution < -0.4 is 5.32 Å². The summed E-state index contributed by atoms with van der Waals surface area (Å²) in [4.78, 5) is 21.3. The van der Waals surface area contributed by atoms with Crippen LogP contribution in [0.1, 0.15) is 29.3 Å². The van der Waals surface area contributed by atoms with E-state index >= 15 is 0 Å². The average molecular weight is 282 g/mol. The van der Waals surface area contributed by atoms with Gasteiger partial charge in [0.25, 0.3) is 5.69 Å². The Morgan fingerprint density at radius 1 is 1.50 bits per heavy atom. The third-order valence-corrected chi connectivity index (χ3v) is 2.97. The molecule has 1 unspecified atom stereocenters. The minimum Gasteiger partial charge on any atom is -0.477 e. The number of nitrogens with zero attached hydrogens (tertiary/aromatic N) is 1. The van der Waals surface area contributed by atoms with E-state index in [0.717, 1.165) is 0 Å². The largest absolute Gasteiger partial charge is 0.477 e. The van der Waals surface area contributed by atoms with Gasteiger partial charge in [-0.1, -0.05) is 19.1 Å². The lowest BCUT2D eigenvalue weighted by molar-refractivity contribution is -0.385. The Morgan fingerprint density at radius 2 is 2.20 bits per heavy atom. The number of benzene rings is 1. The smallest absolute Gasteiger partial charge is 0.343 e. The van der Waals surface area contributed by atoms with Gasteiger partial charge in [-0.3, -0.25) is 10.1 Å². The van der Waals surface area contributed by atoms with Crippen molar-refractivity contribution in [3.63, 3.8) is 0 Å². The molecule has 0 aliphatic carbocycles. The van der Waals surface area contributed by atoms with Crippen molar-refractivity contribution in [3.8, 4) is 0 Å². The molecule has 0 aromatic heterocycles. The number of hydrogen-bond donors (Lipinski definition) is 3. The van der Waals surface area contributed by atoms with Crippen molar-refractivity contribution in [2.24, 2.45) is 5.92 Å².